The molecule has 5 rings (SSSR count). The Labute approximate surface area is 247 Å². The molecule has 0 fully saturated rings. The Morgan fingerprint density at radius 2 is 1.93 bits per heavy atom. The van der Waals surface area contributed by atoms with E-state index in [0.717, 1.165) is 11.3 Å². The molecule has 0 spiro atoms. The third kappa shape index (κ3) is 5.21. The van der Waals surface area contributed by atoms with E-state index >= 15 is 0 Å². The van der Waals surface area contributed by atoms with E-state index in [1.165, 1.54) is 43.1 Å². The zero-order valence-corrected chi connectivity index (χ0v) is 24.4. The highest BCUT2D eigenvalue weighted by Gasteiger charge is 2.34. The van der Waals surface area contributed by atoms with E-state index in [0.29, 0.717) is 33.3 Å². The van der Waals surface area contributed by atoms with E-state index in [4.69, 9.17) is 30.2 Å². The molecule has 3 heterocycles. The van der Waals surface area contributed by atoms with Crippen molar-refractivity contribution >= 4 is 40.7 Å². The fourth-order valence-corrected chi connectivity index (χ4v) is 5.89. The molecule has 0 saturated carbocycles. The van der Waals surface area contributed by atoms with Gasteiger partial charge in [-0.1, -0.05) is 29.0 Å². The lowest BCUT2D eigenvalue weighted by molar-refractivity contribution is -0.384. The maximum absolute atomic E-state index is 13.9. The number of thiazole rings is 1. The molecule has 2 aromatic carbocycles. The first-order valence-corrected chi connectivity index (χ1v) is 13.8. The number of nitro groups is 1. The minimum Gasteiger partial charge on any atom is -0.493 e. The van der Waals surface area contributed by atoms with Crippen LogP contribution in [0.4, 0.5) is 5.69 Å². The number of halogens is 1. The number of hydrogen-bond acceptors (Lipinski definition) is 10. The highest BCUT2D eigenvalue weighted by Crippen LogP contribution is 2.36. The fraction of sp³-hybridized carbons (Fsp3) is 0.207. The number of carbonyl (C=O) groups is 1. The van der Waals surface area contributed by atoms with Crippen LogP contribution in [0.2, 0.25) is 5.02 Å². The first kappa shape index (κ1) is 28.8. The minimum absolute atomic E-state index is 0.144. The zero-order valence-electron chi connectivity index (χ0n) is 22.9. The molecule has 4 aromatic rings. The number of allylic oxidation sites excluding steroid dienone is 1. The normalized spacial score (nSPS) is 14.8. The zero-order chi connectivity index (χ0) is 30.1. The first-order valence-electron chi connectivity index (χ1n) is 12.6. The summed E-state index contributed by atoms with van der Waals surface area (Å²) < 4.78 is 23.8. The molecule has 11 nitrogen and oxygen atoms in total. The Hall–Kier alpha value is -4.68. The van der Waals surface area contributed by atoms with Crippen molar-refractivity contribution in [1.29, 1.82) is 0 Å². The fourth-order valence-electron chi connectivity index (χ4n) is 4.70. The maximum Gasteiger partial charge on any atom is 0.338 e. The number of furan rings is 1. The molecule has 1 aliphatic heterocycles. The average Bonchev–Trinajstić information content (AvgIpc) is 3.55. The lowest BCUT2D eigenvalue weighted by atomic mass is 9.95. The van der Waals surface area contributed by atoms with E-state index in [1.807, 2.05) is 0 Å². The van der Waals surface area contributed by atoms with Crippen LogP contribution in [-0.4, -0.2) is 36.3 Å². The number of nitrogens with zero attached hydrogens (tertiary/aromatic N) is 3. The van der Waals surface area contributed by atoms with Gasteiger partial charge >= 0.3 is 5.97 Å². The number of rotatable bonds is 8. The third-order valence-corrected chi connectivity index (χ3v) is 7.78. The van der Waals surface area contributed by atoms with Crippen LogP contribution in [0.1, 0.15) is 31.2 Å². The molecule has 1 atom stereocenters. The van der Waals surface area contributed by atoms with Crippen LogP contribution in [-0.2, 0) is 9.53 Å². The summed E-state index contributed by atoms with van der Waals surface area (Å²) in [4.78, 5) is 43.0. The lowest BCUT2D eigenvalue weighted by Crippen LogP contribution is -2.39. The second-order valence-corrected chi connectivity index (χ2v) is 10.5. The summed E-state index contributed by atoms with van der Waals surface area (Å²) in [6, 6.07) is 11.8. The Kier molecular flexibility index (Phi) is 8.01. The van der Waals surface area contributed by atoms with Gasteiger partial charge in [-0.3, -0.25) is 19.5 Å². The number of nitro benzene ring substituents is 1. The summed E-state index contributed by atoms with van der Waals surface area (Å²) in [6.45, 7) is 3.53. The van der Waals surface area contributed by atoms with Gasteiger partial charge in [0.2, 0.25) is 0 Å². The average molecular weight is 610 g/mol. The molecule has 0 saturated heterocycles. The Morgan fingerprint density at radius 3 is 2.62 bits per heavy atom. The second kappa shape index (κ2) is 11.7. The van der Waals surface area contributed by atoms with E-state index in [1.54, 1.807) is 44.2 Å². The van der Waals surface area contributed by atoms with Crippen LogP contribution < -0.4 is 24.4 Å². The molecule has 42 heavy (non-hydrogen) atoms. The van der Waals surface area contributed by atoms with Gasteiger partial charge in [-0.25, -0.2) is 9.79 Å². The molecule has 2 aromatic heterocycles. The molecule has 0 aliphatic carbocycles. The molecule has 0 radical (unpaired) electrons. The molecule has 1 aliphatic rings. The van der Waals surface area contributed by atoms with E-state index < -0.39 is 22.5 Å². The number of fused-ring (bicyclic) bond motifs is 1. The Balaban J connectivity index is 1.65. The van der Waals surface area contributed by atoms with Gasteiger partial charge in [-0.15, -0.1) is 0 Å². The minimum atomic E-state index is -0.855. The van der Waals surface area contributed by atoms with E-state index in [2.05, 4.69) is 4.99 Å². The number of hydrogen-bond donors (Lipinski definition) is 0. The Morgan fingerprint density at radius 1 is 1.17 bits per heavy atom. The summed E-state index contributed by atoms with van der Waals surface area (Å²) in [5, 5.41) is 11.8. The van der Waals surface area contributed by atoms with Gasteiger partial charge in [0.05, 0.1) is 53.2 Å². The molecule has 13 heteroatoms. The second-order valence-electron chi connectivity index (χ2n) is 9.04. The van der Waals surface area contributed by atoms with Gasteiger partial charge in [0.1, 0.15) is 11.5 Å². The largest absolute Gasteiger partial charge is 0.493 e. The number of aromatic nitrogens is 1. The number of benzene rings is 2. The van der Waals surface area contributed by atoms with Crippen LogP contribution in [0.5, 0.6) is 11.5 Å². The van der Waals surface area contributed by atoms with Crippen molar-refractivity contribution in [2.45, 2.75) is 19.9 Å². The van der Waals surface area contributed by atoms with Gasteiger partial charge < -0.3 is 18.6 Å². The van der Waals surface area contributed by atoms with Crippen LogP contribution in [0.25, 0.3) is 17.4 Å². The van der Waals surface area contributed by atoms with Crippen molar-refractivity contribution in [2.75, 3.05) is 20.8 Å². The highest BCUT2D eigenvalue weighted by atomic mass is 35.5. The number of methoxy groups -OCH3 is 2. The van der Waals surface area contributed by atoms with Crippen LogP contribution in [0.3, 0.4) is 0 Å². The van der Waals surface area contributed by atoms with Crippen molar-refractivity contribution in [1.82, 2.24) is 4.57 Å². The molecular weight excluding hydrogens is 586 g/mol. The van der Waals surface area contributed by atoms with Gasteiger partial charge in [0.25, 0.3) is 11.2 Å². The summed E-state index contributed by atoms with van der Waals surface area (Å²) in [5.74, 6) is 0.855. The topological polar surface area (TPSA) is 135 Å². The van der Waals surface area contributed by atoms with Crippen molar-refractivity contribution in [2.24, 2.45) is 4.99 Å². The van der Waals surface area contributed by atoms with Gasteiger partial charge in [-0.2, -0.15) is 0 Å². The predicted molar refractivity (Wildman–Crippen MR) is 156 cm³/mol. The molecular formula is C29H24ClN3O8S. The molecule has 0 N–H and O–H groups in total. The van der Waals surface area contributed by atoms with Crippen LogP contribution >= 0.6 is 22.9 Å². The summed E-state index contributed by atoms with van der Waals surface area (Å²) >= 11 is 7.06. The lowest BCUT2D eigenvalue weighted by Gasteiger charge is -2.25. The number of ether oxygens (including phenoxy) is 3. The molecule has 216 valence electrons. The van der Waals surface area contributed by atoms with Gasteiger partial charge in [-0.05, 0) is 55.8 Å². The van der Waals surface area contributed by atoms with E-state index in [9.17, 15) is 19.7 Å². The summed E-state index contributed by atoms with van der Waals surface area (Å²) in [5.41, 5.74) is 0.847. The smallest absolute Gasteiger partial charge is 0.338 e. The van der Waals surface area contributed by atoms with E-state index in [-0.39, 0.29) is 38.7 Å². The molecule has 0 bridgehead atoms. The van der Waals surface area contributed by atoms with Crippen LogP contribution in [0, 0.1) is 10.1 Å². The first-order chi connectivity index (χ1) is 20.2. The van der Waals surface area contributed by atoms with Crippen molar-refractivity contribution < 1.29 is 28.3 Å². The molecule has 0 amide bonds. The standard InChI is InChI=1S/C29H24ClN3O8S/c1-5-40-28(35)25-15(2)31-29-32(26(25)16-6-10-22(38-3)23(12-16)39-4)27(34)24(42-29)14-18-8-11-21(41-18)19-9-7-17(30)13-20(19)33(36)37/h6-14,26H,5H2,1-4H3/b24-14+/t26-/m0/s1. The van der Waals surface area contributed by atoms with Crippen molar-refractivity contribution in [3.05, 3.63) is 106 Å². The number of carbonyl (C=O) groups excluding carboxylic acids is 1. The van der Waals surface area contributed by atoms with Gasteiger partial charge in [0, 0.05) is 17.2 Å². The van der Waals surface area contributed by atoms with Crippen molar-refractivity contribution in [3.63, 3.8) is 0 Å². The predicted octanol–water partition coefficient (Wildman–Crippen LogP) is 4.64. The quantitative estimate of drug-likeness (QED) is 0.160. The monoisotopic (exact) mass is 609 g/mol. The molecule has 0 unspecified atom stereocenters. The maximum atomic E-state index is 13.9. The highest BCUT2D eigenvalue weighted by molar-refractivity contribution is 7.07. The summed E-state index contributed by atoms with van der Waals surface area (Å²) in [6.07, 6.45) is 1.53. The third-order valence-electron chi connectivity index (χ3n) is 6.56. The van der Waals surface area contributed by atoms with Crippen LogP contribution in [0.15, 0.2) is 74.0 Å². The van der Waals surface area contributed by atoms with Crippen molar-refractivity contribution in [3.8, 4) is 22.8 Å². The van der Waals surface area contributed by atoms with Gasteiger partial charge in [0.15, 0.2) is 16.3 Å². The Bertz CT molecular complexity index is 1940. The SMILES string of the molecule is CCOC(=O)C1=C(C)N=c2s/c(=C/c3ccc(-c4ccc(Cl)cc4[N+](=O)[O-])o3)c(=O)n2[C@H]1c1ccc(OC)c(OC)c1. The number of esters is 1. The summed E-state index contributed by atoms with van der Waals surface area (Å²) in [7, 11) is 3.01.